The Hall–Kier alpha value is -1.72. The van der Waals surface area contributed by atoms with Crippen LogP contribution in [0.1, 0.15) is 12.2 Å². The summed E-state index contributed by atoms with van der Waals surface area (Å²) in [5.41, 5.74) is -0.231. The minimum atomic E-state index is -0.862. The molecule has 1 aliphatic rings. The highest BCUT2D eigenvalue weighted by molar-refractivity contribution is 5.65. The van der Waals surface area contributed by atoms with Gasteiger partial charge < -0.3 is 14.5 Å². The molecular weight excluding hydrogens is 200 g/mol. The Bertz CT molecular complexity index is 402. The number of likely N-dealkylation sites (tertiary alicyclic amines) is 1. The van der Waals surface area contributed by atoms with Gasteiger partial charge in [-0.3, -0.25) is 4.79 Å². The summed E-state index contributed by atoms with van der Waals surface area (Å²) in [6.07, 6.45) is 0.668. The lowest BCUT2D eigenvalue weighted by atomic mass is 9.95. The van der Waals surface area contributed by atoms with E-state index in [0.29, 0.717) is 31.2 Å². The number of carbonyl (C=O) groups is 1. The standard InChI is InChI=1S/C9H12N2O4/c12-8-3-7(15-10-8)2-1-6-4-11(5-6)9(13)14/h3,6H,1-2,4-5H2,(H,10,12)(H,13,14). The number of aryl methyl sites for hydroxylation is 1. The molecule has 15 heavy (non-hydrogen) atoms. The van der Waals surface area contributed by atoms with E-state index in [1.165, 1.54) is 11.0 Å². The zero-order valence-corrected chi connectivity index (χ0v) is 8.10. The van der Waals surface area contributed by atoms with Crippen molar-refractivity contribution in [3.63, 3.8) is 0 Å². The molecule has 0 spiro atoms. The highest BCUT2D eigenvalue weighted by atomic mass is 16.5. The molecule has 1 aromatic rings. The molecule has 1 aliphatic heterocycles. The van der Waals surface area contributed by atoms with Gasteiger partial charge in [0.25, 0.3) is 5.56 Å². The second-order valence-electron chi connectivity index (χ2n) is 3.77. The molecule has 1 aromatic heterocycles. The van der Waals surface area contributed by atoms with E-state index in [-0.39, 0.29) is 5.56 Å². The number of aromatic amines is 1. The van der Waals surface area contributed by atoms with Crippen molar-refractivity contribution in [2.75, 3.05) is 13.1 Å². The van der Waals surface area contributed by atoms with E-state index in [1.807, 2.05) is 0 Å². The molecule has 0 aliphatic carbocycles. The average molecular weight is 212 g/mol. The maximum Gasteiger partial charge on any atom is 0.407 e. The number of H-pyrrole nitrogens is 1. The number of rotatable bonds is 3. The van der Waals surface area contributed by atoms with Crippen molar-refractivity contribution in [3.8, 4) is 0 Å². The Balaban J connectivity index is 1.73. The van der Waals surface area contributed by atoms with Crippen LogP contribution >= 0.6 is 0 Å². The van der Waals surface area contributed by atoms with E-state index in [9.17, 15) is 9.59 Å². The van der Waals surface area contributed by atoms with Crippen LogP contribution < -0.4 is 5.56 Å². The summed E-state index contributed by atoms with van der Waals surface area (Å²) in [6.45, 7) is 1.17. The molecule has 0 atom stereocenters. The van der Waals surface area contributed by atoms with Crippen LogP contribution in [0.3, 0.4) is 0 Å². The third-order valence-corrected chi connectivity index (χ3v) is 2.60. The SMILES string of the molecule is O=C(O)N1CC(CCc2cc(=O)[nH]o2)C1. The van der Waals surface area contributed by atoms with Crippen LogP contribution in [-0.4, -0.2) is 34.3 Å². The minimum absolute atomic E-state index is 0.231. The lowest BCUT2D eigenvalue weighted by Crippen LogP contribution is -2.49. The number of hydrogen-bond acceptors (Lipinski definition) is 3. The summed E-state index contributed by atoms with van der Waals surface area (Å²) in [5, 5.41) is 10.8. The predicted molar refractivity (Wildman–Crippen MR) is 50.7 cm³/mol. The topological polar surface area (TPSA) is 86.5 Å². The Labute approximate surface area is 85.5 Å². The van der Waals surface area contributed by atoms with Crippen LogP contribution in [-0.2, 0) is 6.42 Å². The lowest BCUT2D eigenvalue weighted by molar-refractivity contribution is 0.0778. The molecule has 0 bridgehead atoms. The Kier molecular flexibility index (Phi) is 2.49. The van der Waals surface area contributed by atoms with Gasteiger partial charge in [0.2, 0.25) is 0 Å². The monoisotopic (exact) mass is 212 g/mol. The van der Waals surface area contributed by atoms with Crippen molar-refractivity contribution < 1.29 is 14.4 Å². The molecule has 6 heteroatoms. The van der Waals surface area contributed by atoms with Crippen molar-refractivity contribution in [3.05, 3.63) is 22.2 Å². The van der Waals surface area contributed by atoms with Gasteiger partial charge in [-0.2, -0.15) is 5.16 Å². The Morgan fingerprint density at radius 2 is 2.40 bits per heavy atom. The molecule has 1 amide bonds. The molecule has 2 rings (SSSR count). The first-order chi connectivity index (χ1) is 7.15. The molecule has 1 fully saturated rings. The lowest BCUT2D eigenvalue weighted by Gasteiger charge is -2.36. The van der Waals surface area contributed by atoms with Crippen molar-refractivity contribution >= 4 is 6.09 Å². The molecule has 0 unspecified atom stereocenters. The fraction of sp³-hybridized carbons (Fsp3) is 0.556. The van der Waals surface area contributed by atoms with Crippen LogP contribution in [0.15, 0.2) is 15.4 Å². The van der Waals surface area contributed by atoms with Crippen LogP contribution in [0.4, 0.5) is 4.79 Å². The van der Waals surface area contributed by atoms with E-state index in [1.54, 1.807) is 0 Å². The third kappa shape index (κ3) is 2.20. The van der Waals surface area contributed by atoms with Gasteiger partial charge in [-0.1, -0.05) is 0 Å². The largest absolute Gasteiger partial charge is 0.465 e. The van der Waals surface area contributed by atoms with Gasteiger partial charge in [0.1, 0.15) is 5.76 Å². The predicted octanol–water partition coefficient (Wildman–Crippen LogP) is 0.510. The molecule has 0 saturated carbocycles. The van der Waals surface area contributed by atoms with Crippen molar-refractivity contribution in [2.24, 2.45) is 5.92 Å². The van der Waals surface area contributed by atoms with Crippen LogP contribution in [0.25, 0.3) is 0 Å². The molecule has 82 valence electrons. The summed E-state index contributed by atoms with van der Waals surface area (Å²) < 4.78 is 4.89. The van der Waals surface area contributed by atoms with Crippen molar-refractivity contribution in [1.29, 1.82) is 0 Å². The molecule has 1 saturated heterocycles. The zero-order chi connectivity index (χ0) is 10.8. The van der Waals surface area contributed by atoms with Gasteiger partial charge in [-0.15, -0.1) is 0 Å². The summed E-state index contributed by atoms with van der Waals surface area (Å²) in [7, 11) is 0. The van der Waals surface area contributed by atoms with Gasteiger partial charge in [0, 0.05) is 25.6 Å². The first kappa shape index (κ1) is 9.82. The normalized spacial score (nSPS) is 16.4. The van der Waals surface area contributed by atoms with E-state index in [4.69, 9.17) is 9.63 Å². The van der Waals surface area contributed by atoms with Gasteiger partial charge in [-0.25, -0.2) is 4.79 Å². The minimum Gasteiger partial charge on any atom is -0.465 e. The molecule has 0 radical (unpaired) electrons. The van der Waals surface area contributed by atoms with E-state index in [2.05, 4.69) is 5.16 Å². The van der Waals surface area contributed by atoms with Gasteiger partial charge in [0.05, 0.1) is 0 Å². The maximum absolute atomic E-state index is 10.7. The molecule has 6 nitrogen and oxygen atoms in total. The number of carboxylic acid groups (broad SMARTS) is 1. The Morgan fingerprint density at radius 3 is 2.93 bits per heavy atom. The second kappa shape index (κ2) is 3.80. The van der Waals surface area contributed by atoms with Crippen LogP contribution in [0, 0.1) is 5.92 Å². The van der Waals surface area contributed by atoms with E-state index in [0.717, 1.165) is 6.42 Å². The maximum atomic E-state index is 10.7. The summed E-state index contributed by atoms with van der Waals surface area (Å²) in [5.74, 6) is 1.02. The second-order valence-corrected chi connectivity index (χ2v) is 3.77. The molecule has 0 aromatic carbocycles. The first-order valence-electron chi connectivity index (χ1n) is 4.80. The molecular formula is C9H12N2O4. The Morgan fingerprint density at radius 1 is 1.67 bits per heavy atom. The summed E-state index contributed by atoms with van der Waals surface area (Å²) >= 11 is 0. The number of amides is 1. The zero-order valence-electron chi connectivity index (χ0n) is 8.10. The van der Waals surface area contributed by atoms with Gasteiger partial charge in [-0.05, 0) is 12.3 Å². The number of aromatic nitrogens is 1. The smallest absolute Gasteiger partial charge is 0.407 e. The van der Waals surface area contributed by atoms with Crippen molar-refractivity contribution in [2.45, 2.75) is 12.8 Å². The summed E-state index contributed by atoms with van der Waals surface area (Å²) in [6, 6.07) is 1.42. The van der Waals surface area contributed by atoms with Crippen LogP contribution in [0.2, 0.25) is 0 Å². The van der Waals surface area contributed by atoms with E-state index >= 15 is 0 Å². The van der Waals surface area contributed by atoms with E-state index < -0.39 is 6.09 Å². The first-order valence-corrected chi connectivity index (χ1v) is 4.80. The van der Waals surface area contributed by atoms with Gasteiger partial charge >= 0.3 is 6.09 Å². The number of hydrogen-bond donors (Lipinski definition) is 2. The highest BCUT2D eigenvalue weighted by Crippen LogP contribution is 2.20. The third-order valence-electron chi connectivity index (χ3n) is 2.60. The quantitative estimate of drug-likeness (QED) is 0.764. The van der Waals surface area contributed by atoms with Crippen LogP contribution in [0.5, 0.6) is 0 Å². The fourth-order valence-corrected chi connectivity index (χ4v) is 1.70. The number of nitrogens with one attached hydrogen (secondary N) is 1. The average Bonchev–Trinajstić information content (AvgIpc) is 2.48. The van der Waals surface area contributed by atoms with Gasteiger partial charge in [0.15, 0.2) is 0 Å². The highest BCUT2D eigenvalue weighted by Gasteiger charge is 2.29. The molecule has 2 heterocycles. The summed E-state index contributed by atoms with van der Waals surface area (Å²) in [4.78, 5) is 22.6. The fourth-order valence-electron chi connectivity index (χ4n) is 1.70. The molecule has 2 N–H and O–H groups in total. The number of nitrogens with zero attached hydrogens (tertiary/aromatic N) is 1. The van der Waals surface area contributed by atoms with Crippen molar-refractivity contribution in [1.82, 2.24) is 10.1 Å².